The van der Waals surface area contributed by atoms with Crippen LogP contribution in [0, 0.1) is 12.8 Å². The normalized spacial score (nSPS) is 22.4. The molecule has 3 rings (SSSR count). The van der Waals surface area contributed by atoms with Crippen LogP contribution in [0.4, 0.5) is 0 Å². The first-order chi connectivity index (χ1) is 11.1. The second kappa shape index (κ2) is 7.16. The van der Waals surface area contributed by atoms with Crippen molar-refractivity contribution in [2.24, 2.45) is 5.92 Å². The molecule has 4 nitrogen and oxygen atoms in total. The fraction of sp³-hybridized carbons (Fsp3) is 0.579. The lowest BCUT2D eigenvalue weighted by Crippen LogP contribution is -2.40. The number of hydrogen-bond acceptors (Lipinski definition) is 2. The van der Waals surface area contributed by atoms with E-state index in [9.17, 15) is 9.59 Å². The van der Waals surface area contributed by atoms with E-state index < -0.39 is 0 Å². The van der Waals surface area contributed by atoms with Crippen LogP contribution >= 0.6 is 0 Å². The summed E-state index contributed by atoms with van der Waals surface area (Å²) < 4.78 is 0. The Hall–Kier alpha value is -1.84. The molecule has 1 aromatic rings. The Balaban J connectivity index is 1.54. The molecule has 1 saturated heterocycles. The summed E-state index contributed by atoms with van der Waals surface area (Å²) in [5.74, 6) is -0.0269. The zero-order chi connectivity index (χ0) is 16.2. The highest BCUT2D eigenvalue weighted by Crippen LogP contribution is 2.22. The zero-order valence-electron chi connectivity index (χ0n) is 13.9. The van der Waals surface area contributed by atoms with Gasteiger partial charge in [-0.15, -0.1) is 0 Å². The van der Waals surface area contributed by atoms with Crippen molar-refractivity contribution in [2.45, 2.75) is 58.0 Å². The molecular weight excluding hydrogens is 288 g/mol. The van der Waals surface area contributed by atoms with Gasteiger partial charge in [0.25, 0.3) is 0 Å². The quantitative estimate of drug-likeness (QED) is 0.929. The molecule has 0 aromatic heterocycles. The molecule has 2 amide bonds. The molecule has 1 aliphatic carbocycles. The monoisotopic (exact) mass is 314 g/mol. The van der Waals surface area contributed by atoms with Gasteiger partial charge in [0, 0.05) is 25.6 Å². The molecule has 1 saturated carbocycles. The van der Waals surface area contributed by atoms with Crippen LogP contribution in [0.15, 0.2) is 24.3 Å². The minimum atomic E-state index is -0.185. The number of benzene rings is 1. The summed E-state index contributed by atoms with van der Waals surface area (Å²) in [4.78, 5) is 26.4. The van der Waals surface area contributed by atoms with Crippen molar-refractivity contribution in [1.82, 2.24) is 10.2 Å². The van der Waals surface area contributed by atoms with Gasteiger partial charge in [-0.1, -0.05) is 49.1 Å². The molecule has 1 atom stereocenters. The van der Waals surface area contributed by atoms with Gasteiger partial charge in [0.15, 0.2) is 0 Å². The van der Waals surface area contributed by atoms with Gasteiger partial charge in [-0.2, -0.15) is 0 Å². The van der Waals surface area contributed by atoms with Crippen molar-refractivity contribution in [3.63, 3.8) is 0 Å². The zero-order valence-corrected chi connectivity index (χ0v) is 13.9. The fourth-order valence-corrected chi connectivity index (χ4v) is 3.58. The lowest BCUT2D eigenvalue weighted by atomic mass is 9.95. The summed E-state index contributed by atoms with van der Waals surface area (Å²) in [6.07, 6.45) is 6.20. The number of rotatable bonds is 4. The number of carbonyl (C=O) groups is 2. The predicted octanol–water partition coefficient (Wildman–Crippen LogP) is 2.79. The van der Waals surface area contributed by atoms with Crippen LogP contribution < -0.4 is 5.32 Å². The molecule has 1 aromatic carbocycles. The highest BCUT2D eigenvalue weighted by atomic mass is 16.2. The van der Waals surface area contributed by atoms with Crippen molar-refractivity contribution >= 4 is 11.8 Å². The predicted molar refractivity (Wildman–Crippen MR) is 89.7 cm³/mol. The maximum absolute atomic E-state index is 12.4. The third kappa shape index (κ3) is 4.12. The molecule has 0 radical (unpaired) electrons. The lowest BCUT2D eigenvalue weighted by molar-refractivity contribution is -0.129. The van der Waals surface area contributed by atoms with Crippen molar-refractivity contribution in [2.75, 3.05) is 6.54 Å². The first-order valence-electron chi connectivity index (χ1n) is 8.75. The van der Waals surface area contributed by atoms with E-state index in [2.05, 4.69) is 36.5 Å². The summed E-state index contributed by atoms with van der Waals surface area (Å²) in [7, 11) is 0. The van der Waals surface area contributed by atoms with Crippen molar-refractivity contribution in [1.29, 1.82) is 0 Å². The second-order valence-corrected chi connectivity index (χ2v) is 7.00. The summed E-state index contributed by atoms with van der Waals surface area (Å²) in [5, 5.41) is 3.16. The van der Waals surface area contributed by atoms with E-state index >= 15 is 0 Å². The van der Waals surface area contributed by atoms with Gasteiger partial charge < -0.3 is 10.2 Å². The van der Waals surface area contributed by atoms with E-state index in [0.29, 0.717) is 25.6 Å². The number of nitrogens with one attached hydrogen (secondary N) is 1. The topological polar surface area (TPSA) is 49.4 Å². The highest BCUT2D eigenvalue weighted by Gasteiger charge is 2.35. The Kier molecular flexibility index (Phi) is 4.99. The van der Waals surface area contributed by atoms with E-state index in [0.717, 1.165) is 18.4 Å². The molecule has 0 spiro atoms. The highest BCUT2D eigenvalue weighted by molar-refractivity contribution is 5.89. The Bertz CT molecular complexity index is 561. The van der Waals surface area contributed by atoms with E-state index in [1.54, 1.807) is 0 Å². The minimum Gasteiger partial charge on any atom is -0.353 e. The molecule has 124 valence electrons. The molecule has 1 heterocycles. The molecular formula is C19H26N2O2. The van der Waals surface area contributed by atoms with Gasteiger partial charge in [0.2, 0.25) is 11.8 Å². The third-order valence-electron chi connectivity index (χ3n) is 5.03. The number of likely N-dealkylation sites (tertiary alicyclic amines) is 1. The van der Waals surface area contributed by atoms with Gasteiger partial charge in [0.05, 0.1) is 5.92 Å². The molecule has 1 N–H and O–H groups in total. The average Bonchev–Trinajstić information content (AvgIpc) is 2.92. The fourth-order valence-electron chi connectivity index (χ4n) is 3.58. The molecule has 1 aliphatic heterocycles. The summed E-state index contributed by atoms with van der Waals surface area (Å²) in [6, 6.07) is 8.54. The van der Waals surface area contributed by atoms with E-state index in [4.69, 9.17) is 0 Å². The maximum Gasteiger partial charge on any atom is 0.225 e. The molecule has 4 heteroatoms. The van der Waals surface area contributed by atoms with Crippen molar-refractivity contribution < 1.29 is 9.59 Å². The smallest absolute Gasteiger partial charge is 0.225 e. The van der Waals surface area contributed by atoms with Crippen LogP contribution in [-0.2, 0) is 16.1 Å². The molecule has 0 bridgehead atoms. The second-order valence-electron chi connectivity index (χ2n) is 7.00. The van der Waals surface area contributed by atoms with Crippen LogP contribution in [0.1, 0.15) is 49.7 Å². The van der Waals surface area contributed by atoms with Gasteiger partial charge in [0.1, 0.15) is 0 Å². The molecule has 0 unspecified atom stereocenters. The first kappa shape index (κ1) is 16.0. The van der Waals surface area contributed by atoms with Crippen molar-refractivity contribution in [3.05, 3.63) is 35.4 Å². The third-order valence-corrected chi connectivity index (χ3v) is 5.03. The summed E-state index contributed by atoms with van der Waals surface area (Å²) in [6.45, 7) is 3.20. The van der Waals surface area contributed by atoms with Crippen molar-refractivity contribution in [3.8, 4) is 0 Å². The van der Waals surface area contributed by atoms with Gasteiger partial charge in [-0.3, -0.25) is 9.59 Å². The molecule has 2 fully saturated rings. The Morgan fingerprint density at radius 1 is 1.17 bits per heavy atom. The van der Waals surface area contributed by atoms with Crippen LogP contribution in [-0.4, -0.2) is 29.3 Å². The SMILES string of the molecule is Cc1ccc(CN2C[C@H](C(=O)NC3CCCCC3)CC2=O)cc1. The van der Waals surface area contributed by atoms with E-state index in [1.165, 1.54) is 24.8 Å². The summed E-state index contributed by atoms with van der Waals surface area (Å²) in [5.41, 5.74) is 2.34. The lowest BCUT2D eigenvalue weighted by Gasteiger charge is -2.24. The number of nitrogens with zero attached hydrogens (tertiary/aromatic N) is 1. The van der Waals surface area contributed by atoms with Gasteiger partial charge in [-0.25, -0.2) is 0 Å². The van der Waals surface area contributed by atoms with Crippen LogP contribution in [0.25, 0.3) is 0 Å². The van der Waals surface area contributed by atoms with Crippen LogP contribution in [0.2, 0.25) is 0 Å². The number of carbonyl (C=O) groups excluding carboxylic acids is 2. The van der Waals surface area contributed by atoms with Crippen LogP contribution in [0.5, 0.6) is 0 Å². The average molecular weight is 314 g/mol. The van der Waals surface area contributed by atoms with E-state index in [1.807, 2.05) is 4.90 Å². The maximum atomic E-state index is 12.4. The van der Waals surface area contributed by atoms with Gasteiger partial charge in [-0.05, 0) is 25.3 Å². The van der Waals surface area contributed by atoms with Crippen LogP contribution in [0.3, 0.4) is 0 Å². The van der Waals surface area contributed by atoms with E-state index in [-0.39, 0.29) is 17.7 Å². The molecule has 23 heavy (non-hydrogen) atoms. The molecule has 2 aliphatic rings. The first-order valence-corrected chi connectivity index (χ1v) is 8.75. The number of aryl methyl sites for hydroxylation is 1. The summed E-state index contributed by atoms with van der Waals surface area (Å²) >= 11 is 0. The Morgan fingerprint density at radius 3 is 2.57 bits per heavy atom. The number of hydrogen-bond donors (Lipinski definition) is 1. The standard InChI is InChI=1S/C19H26N2O2/c1-14-7-9-15(10-8-14)12-21-13-16(11-18(21)22)19(23)20-17-5-3-2-4-6-17/h7-10,16-17H,2-6,11-13H2,1H3,(H,20,23)/t16-/m1/s1. The minimum absolute atomic E-state index is 0.0663. The Morgan fingerprint density at radius 2 is 1.87 bits per heavy atom. The number of amides is 2. The van der Waals surface area contributed by atoms with Gasteiger partial charge >= 0.3 is 0 Å². The Labute approximate surface area is 138 Å². The largest absolute Gasteiger partial charge is 0.353 e.